The van der Waals surface area contributed by atoms with E-state index in [9.17, 15) is 9.59 Å². The van der Waals surface area contributed by atoms with E-state index >= 15 is 0 Å². The van der Waals surface area contributed by atoms with Crippen LogP contribution in [0, 0.1) is 0 Å². The van der Waals surface area contributed by atoms with Crippen molar-refractivity contribution in [2.75, 3.05) is 7.11 Å². The number of carbonyl (C=O) groups is 2. The zero-order chi connectivity index (χ0) is 17.8. The van der Waals surface area contributed by atoms with Crippen LogP contribution in [-0.4, -0.2) is 28.8 Å². The fraction of sp³-hybridized carbons (Fsp3) is 0.167. The van der Waals surface area contributed by atoms with E-state index in [2.05, 4.69) is 9.97 Å². The molecule has 0 aliphatic rings. The first kappa shape index (κ1) is 16.9. The maximum Gasteiger partial charge on any atom is 0.355 e. The number of ether oxygens (including phenoxy) is 2. The SMILES string of the molecule is COc1ccccc1-c1nc(COC(=O)c2cc(C(C)=O)c[nH]2)cs1. The molecule has 128 valence electrons. The number of aromatic nitrogens is 2. The molecule has 0 aliphatic carbocycles. The standard InChI is InChI=1S/C18H16N2O4S/c1-11(21)12-7-15(19-8-12)18(22)24-9-13-10-25-17(20-13)14-5-3-4-6-16(14)23-2/h3-8,10,19H,9H2,1-2H3. The molecular formula is C18H16N2O4S. The third-order valence-electron chi connectivity index (χ3n) is 3.55. The Hall–Kier alpha value is -2.93. The molecule has 7 heteroatoms. The maximum absolute atomic E-state index is 12.0. The Bertz CT molecular complexity index is 913. The van der Waals surface area contributed by atoms with Crippen LogP contribution in [0.4, 0.5) is 0 Å². The first-order valence-corrected chi connectivity index (χ1v) is 8.40. The number of hydrogen-bond donors (Lipinski definition) is 1. The van der Waals surface area contributed by atoms with Gasteiger partial charge in [-0.2, -0.15) is 0 Å². The molecule has 3 aromatic rings. The number of thiazole rings is 1. The quantitative estimate of drug-likeness (QED) is 0.538. The van der Waals surface area contributed by atoms with E-state index in [1.54, 1.807) is 7.11 Å². The first-order valence-electron chi connectivity index (χ1n) is 7.52. The normalized spacial score (nSPS) is 10.5. The Morgan fingerprint density at radius 2 is 2.08 bits per heavy atom. The average Bonchev–Trinajstić information content (AvgIpc) is 3.29. The number of aromatic amines is 1. The average molecular weight is 356 g/mol. The topological polar surface area (TPSA) is 81.3 Å². The van der Waals surface area contributed by atoms with Crippen LogP contribution in [-0.2, 0) is 11.3 Å². The smallest absolute Gasteiger partial charge is 0.355 e. The number of rotatable bonds is 6. The van der Waals surface area contributed by atoms with Crippen molar-refractivity contribution in [3.05, 3.63) is 58.9 Å². The number of carbonyl (C=O) groups excluding carboxylic acids is 2. The Kier molecular flexibility index (Phi) is 4.95. The predicted octanol–water partition coefficient (Wildman–Crippen LogP) is 3.71. The molecule has 6 nitrogen and oxygen atoms in total. The Labute approximate surface area is 148 Å². The van der Waals surface area contributed by atoms with Crippen LogP contribution < -0.4 is 4.74 Å². The minimum absolute atomic E-state index is 0.0545. The number of hydrogen-bond acceptors (Lipinski definition) is 6. The van der Waals surface area contributed by atoms with Crippen molar-refractivity contribution in [1.29, 1.82) is 0 Å². The lowest BCUT2D eigenvalue weighted by Crippen LogP contribution is -2.05. The summed E-state index contributed by atoms with van der Waals surface area (Å²) in [6, 6.07) is 9.08. The van der Waals surface area contributed by atoms with Crippen LogP contribution in [0.25, 0.3) is 10.6 Å². The molecular weight excluding hydrogens is 340 g/mol. The van der Waals surface area contributed by atoms with Gasteiger partial charge in [0.05, 0.1) is 18.4 Å². The molecule has 25 heavy (non-hydrogen) atoms. The van der Waals surface area contributed by atoms with Crippen molar-refractivity contribution in [3.8, 4) is 16.3 Å². The van der Waals surface area contributed by atoms with Crippen molar-refractivity contribution < 1.29 is 19.1 Å². The highest BCUT2D eigenvalue weighted by Gasteiger charge is 2.14. The molecule has 0 atom stereocenters. The molecule has 0 radical (unpaired) electrons. The summed E-state index contributed by atoms with van der Waals surface area (Å²) in [5.74, 6) is 0.0964. The highest BCUT2D eigenvalue weighted by Crippen LogP contribution is 2.32. The van der Waals surface area contributed by atoms with Gasteiger partial charge in [-0.1, -0.05) is 12.1 Å². The maximum atomic E-state index is 12.0. The second kappa shape index (κ2) is 7.31. The number of benzene rings is 1. The largest absolute Gasteiger partial charge is 0.496 e. The number of para-hydroxylation sites is 1. The summed E-state index contributed by atoms with van der Waals surface area (Å²) in [7, 11) is 1.61. The highest BCUT2D eigenvalue weighted by molar-refractivity contribution is 7.13. The van der Waals surface area contributed by atoms with Gasteiger partial charge in [0.25, 0.3) is 0 Å². The molecule has 0 unspecified atom stereocenters. The van der Waals surface area contributed by atoms with Crippen LogP contribution in [0.1, 0.15) is 33.5 Å². The van der Waals surface area contributed by atoms with E-state index < -0.39 is 5.97 Å². The summed E-state index contributed by atoms with van der Waals surface area (Å²) in [5.41, 5.74) is 2.23. The van der Waals surface area contributed by atoms with Crippen molar-refractivity contribution in [3.63, 3.8) is 0 Å². The summed E-state index contributed by atoms with van der Waals surface area (Å²) in [4.78, 5) is 30.5. The van der Waals surface area contributed by atoms with Gasteiger partial charge in [-0.05, 0) is 25.1 Å². The number of nitrogens with zero attached hydrogens (tertiary/aromatic N) is 1. The third-order valence-corrected chi connectivity index (χ3v) is 4.47. The molecule has 0 fully saturated rings. The second-order valence-corrected chi connectivity index (χ2v) is 6.14. The number of esters is 1. The Morgan fingerprint density at radius 1 is 1.28 bits per heavy atom. The fourth-order valence-corrected chi connectivity index (χ4v) is 3.08. The molecule has 0 aliphatic heterocycles. The van der Waals surface area contributed by atoms with Gasteiger partial charge in [0.15, 0.2) is 5.78 Å². The molecule has 0 saturated heterocycles. The van der Waals surface area contributed by atoms with E-state index in [0.29, 0.717) is 11.3 Å². The molecule has 0 bridgehead atoms. The molecule has 0 amide bonds. The van der Waals surface area contributed by atoms with E-state index in [1.807, 2.05) is 29.6 Å². The molecule has 0 spiro atoms. The van der Waals surface area contributed by atoms with Crippen LogP contribution in [0.2, 0.25) is 0 Å². The van der Waals surface area contributed by atoms with Crippen molar-refractivity contribution in [2.45, 2.75) is 13.5 Å². The summed E-state index contributed by atoms with van der Waals surface area (Å²) < 4.78 is 10.6. The predicted molar refractivity (Wildman–Crippen MR) is 94.0 cm³/mol. The lowest BCUT2D eigenvalue weighted by Gasteiger charge is -2.04. The number of H-pyrrole nitrogens is 1. The van der Waals surface area contributed by atoms with E-state index in [4.69, 9.17) is 9.47 Å². The highest BCUT2D eigenvalue weighted by atomic mass is 32.1. The van der Waals surface area contributed by atoms with Gasteiger partial charge < -0.3 is 14.5 Å². The zero-order valence-electron chi connectivity index (χ0n) is 13.7. The van der Waals surface area contributed by atoms with Gasteiger partial charge in [-0.25, -0.2) is 9.78 Å². The number of ketones is 1. The molecule has 2 aromatic heterocycles. The third kappa shape index (κ3) is 3.77. The minimum Gasteiger partial charge on any atom is -0.496 e. The van der Waals surface area contributed by atoms with E-state index in [1.165, 1.54) is 30.5 Å². The number of Topliss-reactive ketones (excluding diaryl/α,β-unsaturated/α-hetero) is 1. The zero-order valence-corrected chi connectivity index (χ0v) is 14.6. The van der Waals surface area contributed by atoms with Crippen LogP contribution in [0.5, 0.6) is 5.75 Å². The van der Waals surface area contributed by atoms with Gasteiger partial charge in [-0.15, -0.1) is 11.3 Å². The lowest BCUT2D eigenvalue weighted by molar-refractivity contribution is 0.0462. The van der Waals surface area contributed by atoms with Crippen molar-refractivity contribution in [1.82, 2.24) is 9.97 Å². The summed E-state index contributed by atoms with van der Waals surface area (Å²) in [5, 5.41) is 2.63. The van der Waals surface area contributed by atoms with Gasteiger partial charge in [0, 0.05) is 17.1 Å². The monoisotopic (exact) mass is 356 g/mol. The van der Waals surface area contributed by atoms with Crippen LogP contribution in [0.15, 0.2) is 41.9 Å². The Balaban J connectivity index is 1.67. The van der Waals surface area contributed by atoms with E-state index in [0.717, 1.165) is 16.3 Å². The molecule has 3 rings (SSSR count). The van der Waals surface area contributed by atoms with Crippen LogP contribution >= 0.6 is 11.3 Å². The van der Waals surface area contributed by atoms with E-state index in [-0.39, 0.29) is 18.1 Å². The fourth-order valence-electron chi connectivity index (χ4n) is 2.25. The molecule has 0 saturated carbocycles. The van der Waals surface area contributed by atoms with Crippen LogP contribution in [0.3, 0.4) is 0 Å². The number of nitrogens with one attached hydrogen (secondary N) is 1. The van der Waals surface area contributed by atoms with Crippen molar-refractivity contribution in [2.24, 2.45) is 0 Å². The van der Waals surface area contributed by atoms with Gasteiger partial charge in [0.2, 0.25) is 0 Å². The number of methoxy groups -OCH3 is 1. The minimum atomic E-state index is -0.528. The van der Waals surface area contributed by atoms with Gasteiger partial charge in [-0.3, -0.25) is 4.79 Å². The molecule has 1 N–H and O–H groups in total. The van der Waals surface area contributed by atoms with Gasteiger partial charge in [0.1, 0.15) is 23.1 Å². The summed E-state index contributed by atoms with van der Waals surface area (Å²) >= 11 is 1.45. The van der Waals surface area contributed by atoms with Crippen molar-refractivity contribution >= 4 is 23.1 Å². The Morgan fingerprint density at radius 3 is 2.80 bits per heavy atom. The molecule has 1 aromatic carbocycles. The lowest BCUT2D eigenvalue weighted by atomic mass is 10.2. The first-order chi connectivity index (χ1) is 12.1. The summed E-state index contributed by atoms with van der Waals surface area (Å²) in [6.45, 7) is 1.49. The molecule has 2 heterocycles. The van der Waals surface area contributed by atoms with Gasteiger partial charge >= 0.3 is 5.97 Å². The summed E-state index contributed by atoms with van der Waals surface area (Å²) in [6.07, 6.45) is 1.49. The second-order valence-electron chi connectivity index (χ2n) is 5.28.